The van der Waals surface area contributed by atoms with Crippen molar-refractivity contribution in [2.24, 2.45) is 0 Å². The zero-order chi connectivity index (χ0) is 13.0. The van der Waals surface area contributed by atoms with Crippen LogP contribution in [0.2, 0.25) is 0 Å². The van der Waals surface area contributed by atoms with Gasteiger partial charge in [-0.2, -0.15) is 0 Å². The van der Waals surface area contributed by atoms with E-state index in [4.69, 9.17) is 9.84 Å². The normalized spacial score (nSPS) is 14.9. The number of carboxylic acid groups (broad SMARTS) is 1. The molecule has 0 radical (unpaired) electrons. The zero-order valence-corrected chi connectivity index (χ0v) is 10.1. The molecule has 1 aromatic carbocycles. The molecule has 0 amide bonds. The molecule has 1 N–H and O–H groups in total. The van der Waals surface area contributed by atoms with Crippen LogP contribution >= 0.6 is 0 Å². The second-order valence-corrected chi connectivity index (χ2v) is 4.11. The Morgan fingerprint density at radius 3 is 2.94 bits per heavy atom. The van der Waals surface area contributed by atoms with E-state index in [-0.39, 0.29) is 0 Å². The Kier molecular flexibility index (Phi) is 3.63. The molecule has 1 aliphatic rings. The van der Waals surface area contributed by atoms with Gasteiger partial charge in [-0.15, -0.1) is 0 Å². The molecule has 18 heavy (non-hydrogen) atoms. The molecule has 1 aliphatic heterocycles. The second kappa shape index (κ2) is 5.36. The third-order valence-corrected chi connectivity index (χ3v) is 2.57. The molecule has 0 bridgehead atoms. The van der Waals surface area contributed by atoms with Crippen molar-refractivity contribution in [1.82, 2.24) is 0 Å². The van der Waals surface area contributed by atoms with Crippen LogP contribution < -0.4 is 4.74 Å². The monoisotopic (exact) mass is 242 g/mol. The minimum atomic E-state index is -0.934. The van der Waals surface area contributed by atoms with Crippen LogP contribution in [0.1, 0.15) is 12.5 Å². The summed E-state index contributed by atoms with van der Waals surface area (Å²) in [5, 5.41) is 8.60. The summed E-state index contributed by atoms with van der Waals surface area (Å²) in [5.41, 5.74) is 2.76. The van der Waals surface area contributed by atoms with Gasteiger partial charge in [0.25, 0.3) is 0 Å². The van der Waals surface area contributed by atoms with E-state index in [1.165, 1.54) is 6.08 Å². The van der Waals surface area contributed by atoms with Gasteiger partial charge in [0.1, 0.15) is 12.4 Å². The smallest absolute Gasteiger partial charge is 0.328 e. The van der Waals surface area contributed by atoms with Crippen LogP contribution in [0, 0.1) is 0 Å². The van der Waals surface area contributed by atoms with Crippen LogP contribution in [-0.4, -0.2) is 17.7 Å². The van der Waals surface area contributed by atoms with Gasteiger partial charge in [0.15, 0.2) is 0 Å². The largest absolute Gasteiger partial charge is 0.488 e. The van der Waals surface area contributed by atoms with Crippen molar-refractivity contribution in [2.75, 3.05) is 6.61 Å². The summed E-state index contributed by atoms with van der Waals surface area (Å²) in [5.74, 6) is -0.0520. The molecule has 3 nitrogen and oxygen atoms in total. The topological polar surface area (TPSA) is 46.5 Å². The number of para-hydroxylation sites is 1. The Morgan fingerprint density at radius 2 is 2.17 bits per heavy atom. The predicted octanol–water partition coefficient (Wildman–Crippen LogP) is 3.05. The summed E-state index contributed by atoms with van der Waals surface area (Å²) in [4.78, 5) is 10.5. The fourth-order valence-electron chi connectivity index (χ4n) is 1.71. The summed E-state index contributed by atoms with van der Waals surface area (Å²) >= 11 is 0. The quantitative estimate of drug-likeness (QED) is 0.654. The van der Waals surface area contributed by atoms with E-state index < -0.39 is 5.97 Å². The predicted molar refractivity (Wildman–Crippen MR) is 70.4 cm³/mol. The van der Waals surface area contributed by atoms with E-state index in [0.29, 0.717) is 12.2 Å². The fraction of sp³-hybridized carbons (Fsp3) is 0.133. The summed E-state index contributed by atoms with van der Waals surface area (Å²) < 4.78 is 5.59. The molecule has 0 aromatic heterocycles. The number of fused-ring (bicyclic) bond motifs is 1. The first kappa shape index (κ1) is 12.2. The van der Waals surface area contributed by atoms with Crippen LogP contribution in [0.25, 0.3) is 6.08 Å². The molecule has 92 valence electrons. The summed E-state index contributed by atoms with van der Waals surface area (Å²) in [6.45, 7) is 2.26. The number of hydrogen-bond acceptors (Lipinski definition) is 2. The molecule has 0 fully saturated rings. The van der Waals surface area contributed by atoms with Crippen molar-refractivity contribution in [3.05, 3.63) is 59.2 Å². The minimum absolute atomic E-state index is 0.508. The lowest BCUT2D eigenvalue weighted by Crippen LogP contribution is -2.05. The average Bonchev–Trinajstić information content (AvgIpc) is 2.35. The Morgan fingerprint density at radius 1 is 1.39 bits per heavy atom. The highest BCUT2D eigenvalue weighted by Crippen LogP contribution is 2.26. The number of benzene rings is 1. The molecular formula is C15H14O3. The number of rotatable bonds is 3. The van der Waals surface area contributed by atoms with Gasteiger partial charge in [-0.3, -0.25) is 0 Å². The fourth-order valence-corrected chi connectivity index (χ4v) is 1.71. The summed E-state index contributed by atoms with van der Waals surface area (Å²) in [6.07, 6.45) is 6.88. The summed E-state index contributed by atoms with van der Waals surface area (Å²) in [6, 6.07) is 7.82. The van der Waals surface area contributed by atoms with Crippen molar-refractivity contribution in [2.45, 2.75) is 6.92 Å². The van der Waals surface area contributed by atoms with Crippen LogP contribution in [-0.2, 0) is 4.79 Å². The van der Waals surface area contributed by atoms with E-state index in [9.17, 15) is 4.79 Å². The molecule has 2 rings (SSSR count). The first-order valence-electron chi connectivity index (χ1n) is 5.67. The molecular weight excluding hydrogens is 228 g/mol. The first-order chi connectivity index (χ1) is 8.65. The Labute approximate surface area is 106 Å². The third kappa shape index (κ3) is 3.10. The maximum atomic E-state index is 10.5. The van der Waals surface area contributed by atoms with Crippen LogP contribution in [0.15, 0.2) is 53.6 Å². The van der Waals surface area contributed by atoms with Crippen molar-refractivity contribution >= 4 is 12.0 Å². The van der Waals surface area contributed by atoms with Crippen molar-refractivity contribution in [3.63, 3.8) is 0 Å². The molecule has 0 saturated heterocycles. The van der Waals surface area contributed by atoms with E-state index in [0.717, 1.165) is 16.9 Å². The average molecular weight is 242 g/mol. The molecule has 0 unspecified atom stereocenters. The Balaban J connectivity index is 2.15. The van der Waals surface area contributed by atoms with Crippen molar-refractivity contribution in [3.8, 4) is 5.75 Å². The van der Waals surface area contributed by atoms with Gasteiger partial charge in [-0.1, -0.05) is 30.4 Å². The Hall–Kier alpha value is -2.29. The number of ether oxygens (including phenoxy) is 1. The summed E-state index contributed by atoms with van der Waals surface area (Å²) in [7, 11) is 0. The molecule has 0 atom stereocenters. The highest BCUT2D eigenvalue weighted by molar-refractivity contribution is 5.81. The van der Waals surface area contributed by atoms with Crippen LogP contribution in [0.5, 0.6) is 5.75 Å². The lowest BCUT2D eigenvalue weighted by molar-refractivity contribution is -0.131. The third-order valence-electron chi connectivity index (χ3n) is 2.57. The molecule has 0 aliphatic carbocycles. The maximum absolute atomic E-state index is 10.5. The van der Waals surface area contributed by atoms with Gasteiger partial charge in [0, 0.05) is 11.6 Å². The molecule has 0 saturated carbocycles. The van der Waals surface area contributed by atoms with Gasteiger partial charge in [0.05, 0.1) is 0 Å². The van der Waals surface area contributed by atoms with E-state index in [2.05, 4.69) is 0 Å². The molecule has 0 spiro atoms. The number of hydrogen-bond donors (Lipinski definition) is 1. The molecule has 1 heterocycles. The highest BCUT2D eigenvalue weighted by atomic mass is 16.5. The van der Waals surface area contributed by atoms with Gasteiger partial charge < -0.3 is 9.84 Å². The van der Waals surface area contributed by atoms with Gasteiger partial charge in [0.2, 0.25) is 0 Å². The number of carbonyl (C=O) groups is 1. The van der Waals surface area contributed by atoms with Crippen LogP contribution in [0.3, 0.4) is 0 Å². The Bertz CT molecular complexity index is 551. The first-order valence-corrected chi connectivity index (χ1v) is 5.67. The highest BCUT2D eigenvalue weighted by Gasteiger charge is 2.07. The number of carboxylic acids is 1. The van der Waals surface area contributed by atoms with E-state index >= 15 is 0 Å². The number of aliphatic carboxylic acids is 1. The second-order valence-electron chi connectivity index (χ2n) is 4.11. The van der Waals surface area contributed by atoms with Gasteiger partial charge >= 0.3 is 5.97 Å². The number of allylic oxidation sites excluding steroid dienone is 2. The van der Waals surface area contributed by atoms with E-state index in [1.807, 2.05) is 36.4 Å². The molecule has 3 heteroatoms. The lowest BCUT2D eigenvalue weighted by atomic mass is 10.1. The van der Waals surface area contributed by atoms with Gasteiger partial charge in [-0.05, 0) is 30.2 Å². The van der Waals surface area contributed by atoms with Crippen LogP contribution in [0.4, 0.5) is 0 Å². The van der Waals surface area contributed by atoms with Crippen molar-refractivity contribution in [1.29, 1.82) is 0 Å². The van der Waals surface area contributed by atoms with Gasteiger partial charge in [-0.25, -0.2) is 4.79 Å². The zero-order valence-electron chi connectivity index (χ0n) is 10.1. The minimum Gasteiger partial charge on any atom is -0.488 e. The SMILES string of the molecule is CC(C=CC1=Cc2ccccc2OC1)=CC(=O)O. The standard InChI is InChI=1S/C15H14O3/c1-11(8-15(16)17)6-7-12-9-13-4-2-3-5-14(13)18-10-12/h2-9H,10H2,1H3,(H,16,17). The van der Waals surface area contributed by atoms with E-state index in [1.54, 1.807) is 13.0 Å². The molecule has 1 aromatic rings. The lowest BCUT2D eigenvalue weighted by Gasteiger charge is -2.15. The maximum Gasteiger partial charge on any atom is 0.328 e. The van der Waals surface area contributed by atoms with Crippen molar-refractivity contribution < 1.29 is 14.6 Å².